The molecule has 1 aromatic heterocycles. The fourth-order valence-corrected chi connectivity index (χ4v) is 4.25. The highest BCUT2D eigenvalue weighted by atomic mass is 32.1. The first-order valence-corrected chi connectivity index (χ1v) is 11.2. The fraction of sp³-hybridized carbons (Fsp3) is 0.476. The SMILES string of the molecule is CC(C)(C)OC(=O)N1CCC(c2nc(COc3c(F)cc(N/C=N\N=N)cc3F)cs2)CC1. The molecule has 1 saturated heterocycles. The number of thiazole rings is 1. The van der Waals surface area contributed by atoms with Gasteiger partial charge in [-0.05, 0) is 33.6 Å². The van der Waals surface area contributed by atoms with Crippen molar-refractivity contribution in [1.29, 1.82) is 5.53 Å². The molecule has 0 aliphatic carbocycles. The molecule has 1 aliphatic rings. The molecule has 0 unspecified atom stereocenters. The molecule has 0 saturated carbocycles. The van der Waals surface area contributed by atoms with E-state index in [4.69, 9.17) is 15.0 Å². The largest absolute Gasteiger partial charge is 0.481 e. The van der Waals surface area contributed by atoms with Crippen molar-refractivity contribution in [2.24, 2.45) is 10.3 Å². The molecule has 9 nitrogen and oxygen atoms in total. The van der Waals surface area contributed by atoms with E-state index < -0.39 is 23.0 Å². The fourth-order valence-electron chi connectivity index (χ4n) is 3.27. The number of rotatable bonds is 7. The lowest BCUT2D eigenvalue weighted by Gasteiger charge is -2.32. The van der Waals surface area contributed by atoms with Crippen molar-refractivity contribution >= 4 is 29.5 Å². The van der Waals surface area contributed by atoms with Gasteiger partial charge in [0.2, 0.25) is 0 Å². The summed E-state index contributed by atoms with van der Waals surface area (Å²) in [4.78, 5) is 18.5. The summed E-state index contributed by atoms with van der Waals surface area (Å²) < 4.78 is 39.3. The van der Waals surface area contributed by atoms with Gasteiger partial charge >= 0.3 is 6.09 Å². The van der Waals surface area contributed by atoms with E-state index in [9.17, 15) is 13.6 Å². The van der Waals surface area contributed by atoms with Gasteiger partial charge in [0.25, 0.3) is 0 Å². The molecule has 1 amide bonds. The van der Waals surface area contributed by atoms with Crippen LogP contribution >= 0.6 is 11.3 Å². The third-order valence-corrected chi connectivity index (χ3v) is 5.83. The summed E-state index contributed by atoms with van der Waals surface area (Å²) in [6.07, 6.45) is 2.26. The van der Waals surface area contributed by atoms with Crippen LogP contribution in [0.5, 0.6) is 5.75 Å². The standard InChI is InChI=1S/C21H26F2N6O3S/c1-21(2,3)32-20(30)29-6-4-13(5-7-29)19-27-15(11-33-19)10-31-18-16(22)8-14(9-17(18)23)25-12-26-28-24/h8-9,11-13H,4-7,10H2,1-3H3,(H2,24,25,26). The second kappa shape index (κ2) is 10.6. The van der Waals surface area contributed by atoms with Gasteiger partial charge in [-0.15, -0.1) is 16.4 Å². The minimum absolute atomic E-state index is 0.0763. The monoisotopic (exact) mass is 480 g/mol. The Bertz CT molecular complexity index is 993. The smallest absolute Gasteiger partial charge is 0.410 e. The van der Waals surface area contributed by atoms with E-state index in [1.807, 2.05) is 26.2 Å². The highest BCUT2D eigenvalue weighted by Crippen LogP contribution is 2.32. The van der Waals surface area contributed by atoms with E-state index in [0.29, 0.717) is 18.8 Å². The van der Waals surface area contributed by atoms with Crippen LogP contribution in [0.15, 0.2) is 27.8 Å². The summed E-state index contributed by atoms with van der Waals surface area (Å²) in [5, 5.41) is 11.2. The third kappa shape index (κ3) is 6.91. The predicted molar refractivity (Wildman–Crippen MR) is 120 cm³/mol. The molecule has 0 spiro atoms. The maximum absolute atomic E-state index is 14.3. The van der Waals surface area contributed by atoms with Gasteiger partial charge in [0, 0.05) is 42.2 Å². The van der Waals surface area contributed by atoms with Gasteiger partial charge in [-0.3, -0.25) is 0 Å². The summed E-state index contributed by atoms with van der Waals surface area (Å²) in [7, 11) is 0. The predicted octanol–water partition coefficient (Wildman–Crippen LogP) is 5.50. The molecule has 33 heavy (non-hydrogen) atoms. The molecule has 3 rings (SSSR count). The van der Waals surface area contributed by atoms with Crippen LogP contribution in [0.25, 0.3) is 0 Å². The lowest BCUT2D eigenvalue weighted by Crippen LogP contribution is -2.41. The number of hydrogen-bond acceptors (Lipinski definition) is 7. The molecule has 1 aliphatic heterocycles. The maximum atomic E-state index is 14.3. The first-order chi connectivity index (χ1) is 15.7. The van der Waals surface area contributed by atoms with Crippen LogP contribution in [-0.4, -0.2) is 41.0 Å². The van der Waals surface area contributed by atoms with Crippen molar-refractivity contribution in [3.8, 4) is 5.75 Å². The summed E-state index contributed by atoms with van der Waals surface area (Å²) in [6, 6.07) is 2.11. The molecule has 0 atom stereocenters. The van der Waals surface area contributed by atoms with Crippen LogP contribution in [0.1, 0.15) is 50.2 Å². The van der Waals surface area contributed by atoms with Gasteiger partial charge in [-0.25, -0.2) is 18.6 Å². The Balaban J connectivity index is 1.54. The lowest BCUT2D eigenvalue weighted by atomic mass is 9.98. The Morgan fingerprint density at radius 1 is 1.33 bits per heavy atom. The van der Waals surface area contributed by atoms with Crippen LogP contribution < -0.4 is 10.1 Å². The minimum Gasteiger partial charge on any atom is -0.481 e. The number of nitrogens with zero attached hydrogens (tertiary/aromatic N) is 4. The minimum atomic E-state index is -0.876. The van der Waals surface area contributed by atoms with Crippen molar-refractivity contribution in [2.75, 3.05) is 18.4 Å². The van der Waals surface area contributed by atoms with E-state index in [1.165, 1.54) is 11.3 Å². The van der Waals surface area contributed by atoms with Gasteiger partial charge in [0.1, 0.15) is 18.5 Å². The number of ether oxygens (including phenoxy) is 2. The summed E-state index contributed by atoms with van der Waals surface area (Å²) in [5.41, 5.74) is 6.70. The van der Waals surface area contributed by atoms with Gasteiger partial charge in [0.15, 0.2) is 17.4 Å². The molecule has 12 heteroatoms. The summed E-state index contributed by atoms with van der Waals surface area (Å²) >= 11 is 1.47. The average molecular weight is 481 g/mol. The number of carbonyl (C=O) groups excluding carboxylic acids is 1. The summed E-state index contributed by atoms with van der Waals surface area (Å²) in [5.74, 6) is -2.04. The van der Waals surface area contributed by atoms with Gasteiger partial charge in [0.05, 0.1) is 10.7 Å². The zero-order valence-electron chi connectivity index (χ0n) is 18.6. The van der Waals surface area contributed by atoms with Crippen molar-refractivity contribution in [3.05, 3.63) is 39.8 Å². The van der Waals surface area contributed by atoms with Gasteiger partial charge in [-0.2, -0.15) is 5.53 Å². The highest BCUT2D eigenvalue weighted by molar-refractivity contribution is 7.09. The van der Waals surface area contributed by atoms with E-state index in [0.717, 1.165) is 36.3 Å². The van der Waals surface area contributed by atoms with E-state index in [1.54, 1.807) is 4.90 Å². The Morgan fingerprint density at radius 2 is 2.00 bits per heavy atom. The van der Waals surface area contributed by atoms with Crippen molar-refractivity contribution in [3.63, 3.8) is 0 Å². The number of likely N-dealkylation sites (tertiary alicyclic amines) is 1. The molecular weight excluding hydrogens is 454 g/mol. The van der Waals surface area contributed by atoms with Crippen molar-refractivity contribution in [1.82, 2.24) is 9.88 Å². The van der Waals surface area contributed by atoms with Crippen LogP contribution in [0.2, 0.25) is 0 Å². The molecule has 2 aromatic rings. The second-order valence-electron chi connectivity index (χ2n) is 8.47. The number of piperidine rings is 1. The number of benzene rings is 1. The number of hydrogen-bond donors (Lipinski definition) is 2. The highest BCUT2D eigenvalue weighted by Gasteiger charge is 2.28. The van der Waals surface area contributed by atoms with Crippen LogP contribution in [0.4, 0.5) is 19.3 Å². The number of carbonyl (C=O) groups is 1. The van der Waals surface area contributed by atoms with Crippen LogP contribution in [-0.2, 0) is 11.3 Å². The Kier molecular flexibility index (Phi) is 7.90. The van der Waals surface area contributed by atoms with Crippen LogP contribution in [0.3, 0.4) is 0 Å². The lowest BCUT2D eigenvalue weighted by molar-refractivity contribution is 0.0204. The molecule has 0 radical (unpaired) electrons. The Labute approximate surface area is 194 Å². The number of nitrogens with one attached hydrogen (secondary N) is 2. The number of halogens is 2. The Morgan fingerprint density at radius 3 is 2.61 bits per heavy atom. The molecule has 2 heterocycles. The van der Waals surface area contributed by atoms with Gasteiger partial charge < -0.3 is 19.7 Å². The zero-order chi connectivity index (χ0) is 24.0. The molecule has 0 bridgehead atoms. The summed E-state index contributed by atoms with van der Waals surface area (Å²) in [6.45, 7) is 6.61. The van der Waals surface area contributed by atoms with Crippen molar-refractivity contribution in [2.45, 2.75) is 51.7 Å². The molecule has 1 fully saturated rings. The zero-order valence-corrected chi connectivity index (χ0v) is 19.4. The first kappa shape index (κ1) is 24.5. The van der Waals surface area contributed by atoms with E-state index >= 15 is 0 Å². The first-order valence-electron chi connectivity index (χ1n) is 10.3. The van der Waals surface area contributed by atoms with Crippen LogP contribution in [0, 0.1) is 17.2 Å². The number of anilines is 1. The average Bonchev–Trinajstić information content (AvgIpc) is 3.21. The normalized spacial score (nSPS) is 15.0. The second-order valence-corrected chi connectivity index (χ2v) is 9.36. The quantitative estimate of drug-likeness (QED) is 0.235. The van der Waals surface area contributed by atoms with Gasteiger partial charge in [-0.1, -0.05) is 5.22 Å². The number of amides is 1. The Hall–Kier alpha value is -3.15. The molecule has 2 N–H and O–H groups in total. The number of aromatic nitrogens is 1. The van der Waals surface area contributed by atoms with E-state index in [2.05, 4.69) is 20.6 Å². The molecule has 1 aromatic carbocycles. The topological polar surface area (TPSA) is 112 Å². The van der Waals surface area contributed by atoms with Crippen molar-refractivity contribution < 1.29 is 23.0 Å². The third-order valence-electron chi connectivity index (χ3n) is 4.77. The molecule has 178 valence electrons. The molecular formula is C21H26F2N6O3S. The maximum Gasteiger partial charge on any atom is 0.410 e. The van der Waals surface area contributed by atoms with E-state index in [-0.39, 0.29) is 24.3 Å².